The first kappa shape index (κ1) is 10.5. The Hall–Kier alpha value is -1.06. The maximum absolute atomic E-state index is 11.8. The van der Waals surface area contributed by atoms with Crippen LogP contribution in [0, 0.1) is 23.7 Å². The smallest absolute Gasteiger partial charge is 0.307 e. The van der Waals surface area contributed by atoms with Crippen molar-refractivity contribution in [2.75, 3.05) is 13.6 Å². The second-order valence-electron chi connectivity index (χ2n) is 4.98. The minimum absolute atomic E-state index is 0.0153. The lowest BCUT2D eigenvalue weighted by molar-refractivity contribution is -0.141. The maximum atomic E-state index is 11.8. The van der Waals surface area contributed by atoms with Crippen LogP contribution in [-0.2, 0) is 9.59 Å². The number of rotatable bonds is 4. The Morgan fingerprint density at radius 2 is 1.93 bits per heavy atom. The highest BCUT2D eigenvalue weighted by Gasteiger charge is 2.49. The summed E-state index contributed by atoms with van der Waals surface area (Å²) >= 11 is 0. The van der Waals surface area contributed by atoms with Crippen molar-refractivity contribution < 1.29 is 14.7 Å². The molecule has 2 aliphatic rings. The summed E-state index contributed by atoms with van der Waals surface area (Å²) < 4.78 is 0. The molecule has 84 valence electrons. The molecule has 0 heterocycles. The van der Waals surface area contributed by atoms with Crippen molar-refractivity contribution in [3.05, 3.63) is 0 Å². The monoisotopic (exact) mass is 211 g/mol. The molecule has 0 spiro atoms. The molecule has 2 saturated carbocycles. The van der Waals surface area contributed by atoms with Crippen LogP contribution in [0.2, 0.25) is 0 Å². The van der Waals surface area contributed by atoms with E-state index in [-0.39, 0.29) is 11.8 Å². The average molecular weight is 211 g/mol. The number of hydrogen-bond acceptors (Lipinski definition) is 2. The normalized spacial score (nSPS) is 37.2. The largest absolute Gasteiger partial charge is 0.481 e. The molecule has 15 heavy (non-hydrogen) atoms. The molecule has 4 nitrogen and oxygen atoms in total. The minimum atomic E-state index is -0.832. The van der Waals surface area contributed by atoms with E-state index >= 15 is 0 Å². The van der Waals surface area contributed by atoms with Gasteiger partial charge in [-0.25, -0.2) is 0 Å². The van der Waals surface area contributed by atoms with Crippen LogP contribution in [0.15, 0.2) is 0 Å². The summed E-state index contributed by atoms with van der Waals surface area (Å²) in [5.41, 5.74) is 0. The Morgan fingerprint density at radius 1 is 1.33 bits per heavy atom. The molecule has 2 rings (SSSR count). The van der Waals surface area contributed by atoms with Crippen molar-refractivity contribution in [1.82, 2.24) is 4.90 Å². The van der Waals surface area contributed by atoms with Gasteiger partial charge in [0.05, 0.1) is 11.8 Å². The number of carbonyl (C=O) groups excluding carboxylic acids is 1. The number of amides is 1. The van der Waals surface area contributed by atoms with Crippen molar-refractivity contribution in [3.8, 4) is 0 Å². The summed E-state index contributed by atoms with van der Waals surface area (Å²) in [7, 11) is 1.78. The molecule has 0 aliphatic heterocycles. The number of carbonyl (C=O) groups is 2. The highest BCUT2D eigenvalue weighted by Crippen LogP contribution is 2.42. The predicted molar refractivity (Wildman–Crippen MR) is 54.1 cm³/mol. The van der Waals surface area contributed by atoms with Gasteiger partial charge < -0.3 is 10.0 Å². The Labute approximate surface area is 89.3 Å². The van der Waals surface area contributed by atoms with E-state index in [1.54, 1.807) is 11.9 Å². The Kier molecular flexibility index (Phi) is 2.44. The standard InChI is InChI=1S/C11H17NO3/c1-6-3-7(6)5-12(2)10(13)8-4-9(8)11(14)15/h6-9H,3-5H2,1-2H3,(H,14,15)/t6?,7?,8-,9+/m1/s1. The zero-order valence-corrected chi connectivity index (χ0v) is 9.14. The molecule has 0 bridgehead atoms. The van der Waals surface area contributed by atoms with Crippen LogP contribution in [0.4, 0.5) is 0 Å². The average Bonchev–Trinajstić information content (AvgIpc) is 3.01. The van der Waals surface area contributed by atoms with Gasteiger partial charge in [0.2, 0.25) is 5.91 Å². The summed E-state index contributed by atoms with van der Waals surface area (Å²) in [5.74, 6) is -0.114. The molecule has 4 atom stereocenters. The molecular formula is C11H17NO3. The summed E-state index contributed by atoms with van der Waals surface area (Å²) in [6, 6.07) is 0. The van der Waals surface area contributed by atoms with Gasteiger partial charge in [0.25, 0.3) is 0 Å². The van der Waals surface area contributed by atoms with Crippen LogP contribution in [-0.4, -0.2) is 35.5 Å². The molecule has 0 aromatic rings. The fourth-order valence-corrected chi connectivity index (χ4v) is 2.12. The molecule has 2 fully saturated rings. The van der Waals surface area contributed by atoms with Gasteiger partial charge in [-0.2, -0.15) is 0 Å². The fraction of sp³-hybridized carbons (Fsp3) is 0.818. The molecule has 1 amide bonds. The number of carboxylic acid groups (broad SMARTS) is 1. The molecule has 0 aromatic heterocycles. The summed E-state index contributed by atoms with van der Waals surface area (Å²) in [5, 5.41) is 8.72. The van der Waals surface area contributed by atoms with Crippen LogP contribution in [0.1, 0.15) is 19.8 Å². The van der Waals surface area contributed by atoms with Crippen LogP contribution >= 0.6 is 0 Å². The van der Waals surface area contributed by atoms with E-state index in [0.717, 1.165) is 12.5 Å². The highest BCUT2D eigenvalue weighted by molar-refractivity contribution is 5.89. The first-order chi connectivity index (χ1) is 7.00. The van der Waals surface area contributed by atoms with E-state index in [9.17, 15) is 9.59 Å². The molecule has 4 heteroatoms. The molecule has 2 unspecified atom stereocenters. The van der Waals surface area contributed by atoms with Crippen molar-refractivity contribution in [1.29, 1.82) is 0 Å². The topological polar surface area (TPSA) is 57.6 Å². The van der Waals surface area contributed by atoms with E-state index in [2.05, 4.69) is 6.92 Å². The van der Waals surface area contributed by atoms with Gasteiger partial charge in [0, 0.05) is 13.6 Å². The summed E-state index contributed by atoms with van der Waals surface area (Å²) in [6.45, 7) is 2.98. The first-order valence-corrected chi connectivity index (χ1v) is 5.48. The van der Waals surface area contributed by atoms with E-state index in [1.165, 1.54) is 6.42 Å². The number of carboxylic acids is 1. The SMILES string of the molecule is CC1CC1CN(C)C(=O)[C@@H]1C[C@@H]1C(=O)O. The van der Waals surface area contributed by atoms with Gasteiger partial charge in [-0.3, -0.25) is 9.59 Å². The van der Waals surface area contributed by atoms with Crippen molar-refractivity contribution >= 4 is 11.9 Å². The van der Waals surface area contributed by atoms with Gasteiger partial charge in [0.15, 0.2) is 0 Å². The second kappa shape index (κ2) is 3.51. The second-order valence-corrected chi connectivity index (χ2v) is 4.98. The number of aliphatic carboxylic acids is 1. The zero-order chi connectivity index (χ0) is 11.2. The third kappa shape index (κ3) is 2.13. The quantitative estimate of drug-likeness (QED) is 0.749. The van der Waals surface area contributed by atoms with Crippen molar-refractivity contribution in [3.63, 3.8) is 0 Å². The zero-order valence-electron chi connectivity index (χ0n) is 9.14. The molecule has 2 aliphatic carbocycles. The van der Waals surface area contributed by atoms with Crippen molar-refractivity contribution in [2.45, 2.75) is 19.8 Å². The molecule has 0 aromatic carbocycles. The molecular weight excluding hydrogens is 194 g/mol. The van der Waals surface area contributed by atoms with E-state index in [0.29, 0.717) is 12.3 Å². The van der Waals surface area contributed by atoms with Gasteiger partial charge in [-0.15, -0.1) is 0 Å². The first-order valence-electron chi connectivity index (χ1n) is 5.48. The van der Waals surface area contributed by atoms with Gasteiger partial charge in [0.1, 0.15) is 0 Å². The maximum Gasteiger partial charge on any atom is 0.307 e. The van der Waals surface area contributed by atoms with Crippen LogP contribution in [0.3, 0.4) is 0 Å². The lowest BCUT2D eigenvalue weighted by Gasteiger charge is -2.16. The van der Waals surface area contributed by atoms with Crippen LogP contribution in [0.25, 0.3) is 0 Å². The highest BCUT2D eigenvalue weighted by atomic mass is 16.4. The summed E-state index contributed by atoms with van der Waals surface area (Å²) in [6.07, 6.45) is 1.73. The Balaban J connectivity index is 1.79. The Morgan fingerprint density at radius 3 is 2.33 bits per heavy atom. The third-order valence-electron chi connectivity index (χ3n) is 3.59. The van der Waals surface area contributed by atoms with E-state index < -0.39 is 11.9 Å². The predicted octanol–water partition coefficient (Wildman–Crippen LogP) is 0.821. The molecule has 0 saturated heterocycles. The number of hydrogen-bond donors (Lipinski definition) is 1. The lowest BCUT2D eigenvalue weighted by Crippen LogP contribution is -2.31. The van der Waals surface area contributed by atoms with E-state index in [4.69, 9.17) is 5.11 Å². The minimum Gasteiger partial charge on any atom is -0.481 e. The third-order valence-corrected chi connectivity index (χ3v) is 3.59. The van der Waals surface area contributed by atoms with Gasteiger partial charge in [-0.05, 0) is 24.7 Å². The van der Waals surface area contributed by atoms with Crippen LogP contribution < -0.4 is 0 Å². The molecule has 1 N–H and O–H groups in total. The Bertz CT molecular complexity index is 302. The van der Waals surface area contributed by atoms with Crippen molar-refractivity contribution in [2.24, 2.45) is 23.7 Å². The molecule has 0 radical (unpaired) electrons. The fourth-order valence-electron chi connectivity index (χ4n) is 2.12. The van der Waals surface area contributed by atoms with E-state index in [1.807, 2.05) is 0 Å². The number of nitrogens with zero attached hydrogens (tertiary/aromatic N) is 1. The van der Waals surface area contributed by atoms with Gasteiger partial charge >= 0.3 is 5.97 Å². The van der Waals surface area contributed by atoms with Crippen LogP contribution in [0.5, 0.6) is 0 Å². The summed E-state index contributed by atoms with van der Waals surface area (Å²) in [4.78, 5) is 24.1. The lowest BCUT2D eigenvalue weighted by atomic mass is 10.2. The van der Waals surface area contributed by atoms with Gasteiger partial charge in [-0.1, -0.05) is 6.92 Å².